The van der Waals surface area contributed by atoms with Crippen molar-refractivity contribution in [3.8, 4) is 11.5 Å². The Labute approximate surface area is 171 Å². The molecule has 154 valence electrons. The molecule has 0 aromatic heterocycles. The van der Waals surface area contributed by atoms with Crippen molar-refractivity contribution in [3.05, 3.63) is 59.7 Å². The van der Waals surface area contributed by atoms with Crippen LogP contribution in [0.4, 0.5) is 0 Å². The molecule has 6 nitrogen and oxygen atoms in total. The predicted octanol–water partition coefficient (Wildman–Crippen LogP) is 3.52. The number of nitrogens with one attached hydrogen (secondary N) is 1. The molecule has 2 aromatic carbocycles. The number of amides is 2. The average Bonchev–Trinajstić information content (AvgIpc) is 3.20. The number of hydrogen-bond donors (Lipinski definition) is 1. The van der Waals surface area contributed by atoms with Crippen LogP contribution in [0.3, 0.4) is 0 Å². The Hall–Kier alpha value is -3.02. The van der Waals surface area contributed by atoms with Crippen LogP contribution < -0.4 is 14.8 Å². The number of carbonyl (C=O) groups excluding carboxylic acids is 2. The van der Waals surface area contributed by atoms with Crippen LogP contribution in [0.2, 0.25) is 0 Å². The minimum absolute atomic E-state index is 0.0134. The van der Waals surface area contributed by atoms with Gasteiger partial charge in [0.05, 0.1) is 13.2 Å². The maximum atomic E-state index is 12.9. The summed E-state index contributed by atoms with van der Waals surface area (Å²) in [6, 6.07) is 14.4. The van der Waals surface area contributed by atoms with E-state index in [-0.39, 0.29) is 23.9 Å². The molecule has 0 saturated carbocycles. The number of methoxy groups -OCH3 is 1. The highest BCUT2D eigenvalue weighted by Gasteiger charge is 2.30. The molecule has 1 heterocycles. The van der Waals surface area contributed by atoms with Crippen LogP contribution in [0, 0.1) is 0 Å². The molecule has 1 atom stereocenters. The van der Waals surface area contributed by atoms with Crippen LogP contribution in [0.1, 0.15) is 47.4 Å². The van der Waals surface area contributed by atoms with Crippen LogP contribution in [-0.2, 0) is 0 Å². The molecule has 0 spiro atoms. The van der Waals surface area contributed by atoms with Crippen LogP contribution in [0.25, 0.3) is 0 Å². The van der Waals surface area contributed by atoms with Gasteiger partial charge in [0.25, 0.3) is 11.8 Å². The Morgan fingerprint density at radius 3 is 2.28 bits per heavy atom. The number of likely N-dealkylation sites (tertiary alicyclic amines) is 1. The molecule has 29 heavy (non-hydrogen) atoms. The Morgan fingerprint density at radius 2 is 1.66 bits per heavy atom. The normalized spacial score (nSPS) is 16.0. The number of ether oxygens (including phenoxy) is 2. The topological polar surface area (TPSA) is 67.9 Å². The minimum atomic E-state index is -0.0985. The van der Waals surface area contributed by atoms with Gasteiger partial charge in [-0.15, -0.1) is 0 Å². The highest BCUT2D eigenvalue weighted by atomic mass is 16.5. The molecule has 1 aliphatic heterocycles. The van der Waals surface area contributed by atoms with E-state index in [9.17, 15) is 9.59 Å². The van der Waals surface area contributed by atoms with Gasteiger partial charge in [-0.25, -0.2) is 0 Å². The van der Waals surface area contributed by atoms with Crippen LogP contribution >= 0.6 is 0 Å². The zero-order valence-electron chi connectivity index (χ0n) is 17.2. The first-order valence-corrected chi connectivity index (χ1v) is 9.96. The Morgan fingerprint density at radius 1 is 1.03 bits per heavy atom. The first-order chi connectivity index (χ1) is 14.0. The molecule has 2 aromatic rings. The largest absolute Gasteiger partial charge is 0.497 e. The molecule has 1 aliphatic rings. The molecule has 0 aliphatic carbocycles. The first kappa shape index (κ1) is 20.7. The van der Waals surface area contributed by atoms with Gasteiger partial charge < -0.3 is 19.7 Å². The number of rotatable bonds is 7. The lowest BCUT2D eigenvalue weighted by atomic mass is 10.1. The SMILES string of the molecule is COc1ccc(C(=O)N2CCC[C@H]2COc2ccc(C(=O)NC(C)C)cc2)cc1. The second-order valence-electron chi connectivity index (χ2n) is 7.49. The first-order valence-electron chi connectivity index (χ1n) is 9.96. The molecule has 1 fully saturated rings. The van der Waals surface area contributed by atoms with E-state index in [1.165, 1.54) is 0 Å². The monoisotopic (exact) mass is 396 g/mol. The fourth-order valence-corrected chi connectivity index (χ4v) is 3.42. The van der Waals surface area contributed by atoms with Crippen LogP contribution in [0.15, 0.2) is 48.5 Å². The molecule has 0 radical (unpaired) electrons. The summed E-state index contributed by atoms with van der Waals surface area (Å²) in [4.78, 5) is 26.8. The van der Waals surface area contributed by atoms with Gasteiger partial charge in [-0.2, -0.15) is 0 Å². The fraction of sp³-hybridized carbons (Fsp3) is 0.391. The van der Waals surface area contributed by atoms with Crippen LogP contribution in [0.5, 0.6) is 11.5 Å². The van der Waals surface area contributed by atoms with Gasteiger partial charge in [-0.05, 0) is 75.2 Å². The van der Waals surface area contributed by atoms with Crippen molar-refractivity contribution in [3.63, 3.8) is 0 Å². The van der Waals surface area contributed by atoms with Gasteiger partial charge in [-0.3, -0.25) is 9.59 Å². The second-order valence-corrected chi connectivity index (χ2v) is 7.49. The molecule has 6 heteroatoms. The van der Waals surface area contributed by atoms with E-state index in [1.807, 2.05) is 18.7 Å². The number of carbonyl (C=O) groups is 2. The lowest BCUT2D eigenvalue weighted by molar-refractivity contribution is 0.0691. The summed E-state index contributed by atoms with van der Waals surface area (Å²) in [6.07, 6.45) is 1.88. The van der Waals surface area contributed by atoms with Crippen molar-refractivity contribution < 1.29 is 19.1 Å². The van der Waals surface area contributed by atoms with E-state index < -0.39 is 0 Å². The Kier molecular flexibility index (Phi) is 6.75. The standard InChI is InChI=1S/C23H28N2O4/c1-16(2)24-22(26)17-6-12-21(13-7-17)29-15-19-5-4-14-25(19)23(27)18-8-10-20(28-3)11-9-18/h6-13,16,19H,4-5,14-15H2,1-3H3,(H,24,26)/t19-/m0/s1. The summed E-state index contributed by atoms with van der Waals surface area (Å²) in [5.41, 5.74) is 1.25. The van der Waals surface area contributed by atoms with E-state index in [0.29, 0.717) is 23.5 Å². The van der Waals surface area contributed by atoms with E-state index in [1.54, 1.807) is 55.6 Å². The van der Waals surface area contributed by atoms with E-state index in [0.717, 1.165) is 25.1 Å². The van der Waals surface area contributed by atoms with E-state index in [4.69, 9.17) is 9.47 Å². The minimum Gasteiger partial charge on any atom is -0.497 e. The van der Waals surface area contributed by atoms with Crippen molar-refractivity contribution in [1.82, 2.24) is 10.2 Å². The highest BCUT2D eigenvalue weighted by molar-refractivity contribution is 5.95. The molecular formula is C23H28N2O4. The number of hydrogen-bond acceptors (Lipinski definition) is 4. The number of benzene rings is 2. The third-order valence-electron chi connectivity index (χ3n) is 4.95. The summed E-state index contributed by atoms with van der Waals surface area (Å²) in [6.45, 7) is 5.01. The smallest absolute Gasteiger partial charge is 0.254 e. The Bertz CT molecular complexity index is 831. The Balaban J connectivity index is 1.58. The average molecular weight is 396 g/mol. The van der Waals surface area contributed by atoms with Crippen molar-refractivity contribution >= 4 is 11.8 Å². The summed E-state index contributed by atoms with van der Waals surface area (Å²) in [5, 5.41) is 2.86. The second kappa shape index (κ2) is 9.45. The molecule has 1 saturated heterocycles. The lowest BCUT2D eigenvalue weighted by Crippen LogP contribution is -2.39. The molecule has 1 N–H and O–H groups in total. The quantitative estimate of drug-likeness (QED) is 0.778. The van der Waals surface area contributed by atoms with Crippen molar-refractivity contribution in [2.75, 3.05) is 20.3 Å². The third-order valence-corrected chi connectivity index (χ3v) is 4.95. The zero-order valence-corrected chi connectivity index (χ0v) is 17.2. The van der Waals surface area contributed by atoms with Gasteiger partial charge >= 0.3 is 0 Å². The van der Waals surface area contributed by atoms with Crippen LogP contribution in [-0.4, -0.2) is 49.1 Å². The molecule has 0 bridgehead atoms. The van der Waals surface area contributed by atoms with Crippen molar-refractivity contribution in [1.29, 1.82) is 0 Å². The zero-order chi connectivity index (χ0) is 20.8. The van der Waals surface area contributed by atoms with Crippen molar-refractivity contribution in [2.24, 2.45) is 0 Å². The summed E-state index contributed by atoms with van der Waals surface area (Å²) in [5.74, 6) is 1.33. The highest BCUT2D eigenvalue weighted by Crippen LogP contribution is 2.23. The summed E-state index contributed by atoms with van der Waals surface area (Å²) in [7, 11) is 1.61. The number of nitrogens with zero attached hydrogens (tertiary/aromatic N) is 1. The molecule has 3 rings (SSSR count). The lowest BCUT2D eigenvalue weighted by Gasteiger charge is -2.25. The van der Waals surface area contributed by atoms with E-state index in [2.05, 4.69) is 5.32 Å². The third kappa shape index (κ3) is 5.28. The van der Waals surface area contributed by atoms with E-state index >= 15 is 0 Å². The molecule has 2 amide bonds. The maximum Gasteiger partial charge on any atom is 0.254 e. The summed E-state index contributed by atoms with van der Waals surface area (Å²) >= 11 is 0. The maximum absolute atomic E-state index is 12.9. The van der Waals surface area contributed by atoms with Crippen molar-refractivity contribution in [2.45, 2.75) is 38.8 Å². The van der Waals surface area contributed by atoms with Gasteiger partial charge in [-0.1, -0.05) is 0 Å². The fourth-order valence-electron chi connectivity index (χ4n) is 3.42. The molecular weight excluding hydrogens is 368 g/mol. The predicted molar refractivity (Wildman–Crippen MR) is 112 cm³/mol. The molecule has 0 unspecified atom stereocenters. The van der Waals surface area contributed by atoms with Gasteiger partial charge in [0.15, 0.2) is 0 Å². The van der Waals surface area contributed by atoms with Gasteiger partial charge in [0, 0.05) is 23.7 Å². The summed E-state index contributed by atoms with van der Waals surface area (Å²) < 4.78 is 11.1. The van der Waals surface area contributed by atoms with Gasteiger partial charge in [0.2, 0.25) is 0 Å². The van der Waals surface area contributed by atoms with Gasteiger partial charge in [0.1, 0.15) is 18.1 Å².